The van der Waals surface area contributed by atoms with Gasteiger partial charge < -0.3 is 10.1 Å². The Bertz CT molecular complexity index is 759. The quantitative estimate of drug-likeness (QED) is 0.676. The van der Waals surface area contributed by atoms with Gasteiger partial charge in [-0.25, -0.2) is 0 Å². The highest BCUT2D eigenvalue weighted by molar-refractivity contribution is 5.95. The van der Waals surface area contributed by atoms with Crippen LogP contribution in [0.15, 0.2) is 30.6 Å². The van der Waals surface area contributed by atoms with Crippen LogP contribution < -0.4 is 10.1 Å². The fraction of sp³-hybridized carbons (Fsp3) is 0.250. The van der Waals surface area contributed by atoms with E-state index in [9.17, 15) is 14.9 Å². The van der Waals surface area contributed by atoms with Crippen LogP contribution in [0.5, 0.6) is 5.75 Å². The third-order valence-electron chi connectivity index (χ3n) is 3.40. The van der Waals surface area contributed by atoms with Crippen LogP contribution in [0.2, 0.25) is 0 Å². The van der Waals surface area contributed by atoms with Gasteiger partial charge in [-0.1, -0.05) is 6.07 Å². The summed E-state index contributed by atoms with van der Waals surface area (Å²) in [4.78, 5) is 26.9. The zero-order valence-corrected chi connectivity index (χ0v) is 13.1. The van der Waals surface area contributed by atoms with Crippen molar-refractivity contribution in [2.75, 3.05) is 7.11 Å². The average Bonchev–Trinajstić information content (AvgIpc) is 2.52. The molecule has 0 saturated heterocycles. The Labute approximate surface area is 133 Å². The lowest BCUT2D eigenvalue weighted by Crippen LogP contribution is -2.23. The average molecular weight is 315 g/mol. The number of rotatable bonds is 5. The molecule has 120 valence electrons. The molecule has 0 aliphatic heterocycles. The van der Waals surface area contributed by atoms with E-state index in [0.717, 1.165) is 11.1 Å². The minimum atomic E-state index is -0.529. The number of hydrogen-bond donors (Lipinski definition) is 1. The summed E-state index contributed by atoms with van der Waals surface area (Å²) in [6.45, 7) is 3.78. The number of nitrogens with zero attached hydrogens (tertiary/aromatic N) is 2. The predicted octanol–water partition coefficient (Wildman–Crippen LogP) is 2.55. The van der Waals surface area contributed by atoms with E-state index < -0.39 is 10.8 Å². The van der Waals surface area contributed by atoms with Crippen LogP contribution in [0.25, 0.3) is 0 Å². The third kappa shape index (κ3) is 3.82. The van der Waals surface area contributed by atoms with E-state index in [2.05, 4.69) is 10.3 Å². The Kier molecular flexibility index (Phi) is 4.90. The maximum atomic E-state index is 12.2. The Balaban J connectivity index is 2.22. The zero-order valence-electron chi connectivity index (χ0n) is 13.1. The van der Waals surface area contributed by atoms with E-state index in [0.29, 0.717) is 11.3 Å². The van der Waals surface area contributed by atoms with Gasteiger partial charge >= 0.3 is 0 Å². The van der Waals surface area contributed by atoms with Gasteiger partial charge in [-0.15, -0.1) is 0 Å². The van der Waals surface area contributed by atoms with Crippen molar-refractivity contribution in [2.45, 2.75) is 20.4 Å². The number of pyridine rings is 1. The van der Waals surface area contributed by atoms with Crippen LogP contribution in [0.4, 0.5) is 5.69 Å². The summed E-state index contributed by atoms with van der Waals surface area (Å²) >= 11 is 0. The molecule has 1 aromatic heterocycles. The molecule has 0 spiro atoms. The number of nitrogens with one attached hydrogen (secondary N) is 1. The van der Waals surface area contributed by atoms with Gasteiger partial charge in [0.1, 0.15) is 5.75 Å². The Morgan fingerprint density at radius 2 is 2.04 bits per heavy atom. The third-order valence-corrected chi connectivity index (χ3v) is 3.40. The van der Waals surface area contributed by atoms with Gasteiger partial charge in [0.05, 0.1) is 17.6 Å². The molecular formula is C16H17N3O4. The minimum Gasteiger partial charge on any atom is -0.496 e. The van der Waals surface area contributed by atoms with Crippen LogP contribution in [0.1, 0.15) is 27.0 Å². The molecule has 2 rings (SSSR count). The zero-order chi connectivity index (χ0) is 17.0. The topological polar surface area (TPSA) is 94.4 Å². The van der Waals surface area contributed by atoms with Crippen molar-refractivity contribution in [3.63, 3.8) is 0 Å². The van der Waals surface area contributed by atoms with Crippen LogP contribution in [0, 0.1) is 24.0 Å². The molecule has 1 N–H and O–H groups in total. The smallest absolute Gasteiger partial charge is 0.276 e. The first-order valence-corrected chi connectivity index (χ1v) is 6.94. The summed E-state index contributed by atoms with van der Waals surface area (Å²) in [5.41, 5.74) is 2.26. The van der Waals surface area contributed by atoms with Crippen LogP contribution in [-0.4, -0.2) is 22.9 Å². The Morgan fingerprint density at radius 3 is 2.65 bits per heavy atom. The maximum absolute atomic E-state index is 12.2. The van der Waals surface area contributed by atoms with Crippen LogP contribution >= 0.6 is 0 Å². The second-order valence-corrected chi connectivity index (χ2v) is 5.13. The fourth-order valence-corrected chi connectivity index (χ4v) is 2.20. The SMILES string of the molecule is COc1cc(C(=O)NCc2cncc(C)c2)cc([N+](=O)[O-])c1C. The van der Waals surface area contributed by atoms with E-state index in [1.807, 2.05) is 13.0 Å². The first-order chi connectivity index (χ1) is 10.9. The van der Waals surface area contributed by atoms with Gasteiger partial charge in [0, 0.05) is 30.6 Å². The molecule has 0 saturated carbocycles. The minimum absolute atomic E-state index is 0.147. The van der Waals surface area contributed by atoms with Crippen molar-refractivity contribution in [1.82, 2.24) is 10.3 Å². The number of aryl methyl sites for hydroxylation is 1. The summed E-state index contributed by atoms with van der Waals surface area (Å²) in [5.74, 6) is -0.102. The number of amides is 1. The highest BCUT2D eigenvalue weighted by Crippen LogP contribution is 2.29. The number of ether oxygens (including phenoxy) is 1. The molecule has 0 aliphatic rings. The van der Waals surface area contributed by atoms with E-state index in [-0.39, 0.29) is 17.8 Å². The molecule has 7 heteroatoms. The standard InChI is InChI=1S/C16H17N3O4/c1-10-4-12(8-17-7-10)9-18-16(20)13-5-14(19(21)22)11(2)15(6-13)23-3/h4-8H,9H2,1-3H3,(H,18,20). The number of aromatic nitrogens is 1. The monoisotopic (exact) mass is 315 g/mol. The molecular weight excluding hydrogens is 298 g/mol. The largest absolute Gasteiger partial charge is 0.496 e. The van der Waals surface area contributed by atoms with Gasteiger partial charge in [-0.05, 0) is 31.0 Å². The molecule has 0 bridgehead atoms. The summed E-state index contributed by atoms with van der Waals surface area (Å²) < 4.78 is 5.11. The highest BCUT2D eigenvalue weighted by Gasteiger charge is 2.19. The van der Waals surface area contributed by atoms with Gasteiger partial charge in [-0.2, -0.15) is 0 Å². The summed E-state index contributed by atoms with van der Waals surface area (Å²) in [5, 5.41) is 13.8. The van der Waals surface area contributed by atoms with Gasteiger partial charge in [0.15, 0.2) is 0 Å². The van der Waals surface area contributed by atoms with Crippen molar-refractivity contribution >= 4 is 11.6 Å². The first-order valence-electron chi connectivity index (χ1n) is 6.94. The second-order valence-electron chi connectivity index (χ2n) is 5.13. The van der Waals surface area contributed by atoms with E-state index in [4.69, 9.17) is 4.74 Å². The number of nitro groups is 1. The number of nitro benzene ring substituents is 1. The molecule has 7 nitrogen and oxygen atoms in total. The fourth-order valence-electron chi connectivity index (χ4n) is 2.20. The summed E-state index contributed by atoms with van der Waals surface area (Å²) in [7, 11) is 1.41. The van der Waals surface area contributed by atoms with Crippen LogP contribution in [-0.2, 0) is 6.54 Å². The predicted molar refractivity (Wildman–Crippen MR) is 84.5 cm³/mol. The molecule has 0 fully saturated rings. The molecule has 23 heavy (non-hydrogen) atoms. The number of hydrogen-bond acceptors (Lipinski definition) is 5. The molecule has 0 atom stereocenters. The van der Waals surface area contributed by atoms with Crippen molar-refractivity contribution in [3.05, 3.63) is 63.0 Å². The van der Waals surface area contributed by atoms with Gasteiger partial charge in [-0.3, -0.25) is 19.9 Å². The van der Waals surface area contributed by atoms with E-state index >= 15 is 0 Å². The van der Waals surface area contributed by atoms with Crippen LogP contribution in [0.3, 0.4) is 0 Å². The molecule has 1 heterocycles. The van der Waals surface area contributed by atoms with E-state index in [1.54, 1.807) is 19.3 Å². The van der Waals surface area contributed by atoms with Crippen molar-refractivity contribution in [1.29, 1.82) is 0 Å². The van der Waals surface area contributed by atoms with Crippen molar-refractivity contribution in [2.24, 2.45) is 0 Å². The number of benzene rings is 1. The molecule has 0 aliphatic carbocycles. The normalized spacial score (nSPS) is 10.2. The maximum Gasteiger partial charge on any atom is 0.276 e. The van der Waals surface area contributed by atoms with E-state index in [1.165, 1.54) is 19.2 Å². The lowest BCUT2D eigenvalue weighted by molar-refractivity contribution is -0.385. The molecule has 0 unspecified atom stereocenters. The van der Waals surface area contributed by atoms with Crippen molar-refractivity contribution in [3.8, 4) is 5.75 Å². The summed E-state index contributed by atoms with van der Waals surface area (Å²) in [6, 6.07) is 4.65. The van der Waals surface area contributed by atoms with Crippen molar-refractivity contribution < 1.29 is 14.5 Å². The summed E-state index contributed by atoms with van der Waals surface area (Å²) in [6.07, 6.45) is 3.38. The van der Waals surface area contributed by atoms with Gasteiger partial charge in [0.25, 0.3) is 11.6 Å². The molecule has 1 aromatic carbocycles. The molecule has 0 radical (unpaired) electrons. The number of carbonyl (C=O) groups is 1. The Hall–Kier alpha value is -2.96. The number of methoxy groups -OCH3 is 1. The Morgan fingerprint density at radius 1 is 1.30 bits per heavy atom. The molecule has 1 amide bonds. The highest BCUT2D eigenvalue weighted by atomic mass is 16.6. The first kappa shape index (κ1) is 16.4. The second kappa shape index (κ2) is 6.87. The lowest BCUT2D eigenvalue weighted by atomic mass is 10.1. The lowest BCUT2D eigenvalue weighted by Gasteiger charge is -2.09. The van der Waals surface area contributed by atoms with Gasteiger partial charge in [0.2, 0.25) is 0 Å². The number of carbonyl (C=O) groups excluding carboxylic acids is 1. The molecule has 2 aromatic rings.